The van der Waals surface area contributed by atoms with Crippen LogP contribution < -0.4 is 4.74 Å². The first-order valence-electron chi connectivity index (χ1n) is 15.0. The van der Waals surface area contributed by atoms with Crippen molar-refractivity contribution in [3.63, 3.8) is 0 Å². The van der Waals surface area contributed by atoms with Crippen LogP contribution in [0.25, 0.3) is 21.9 Å². The van der Waals surface area contributed by atoms with Gasteiger partial charge in [0.15, 0.2) is 0 Å². The minimum Gasteiger partial charge on any atom is -0.494 e. The van der Waals surface area contributed by atoms with Crippen molar-refractivity contribution >= 4 is 10.8 Å². The minimum absolute atomic E-state index is 0.817. The van der Waals surface area contributed by atoms with Crippen molar-refractivity contribution in [2.24, 2.45) is 5.92 Å². The number of fused-ring (bicyclic) bond motifs is 1. The molecule has 0 aliphatic rings. The lowest BCUT2D eigenvalue weighted by Crippen LogP contribution is -1.98. The average Bonchev–Trinajstić information content (AvgIpc) is 2.92. The summed E-state index contributed by atoms with van der Waals surface area (Å²) in [4.78, 5) is 0. The molecule has 0 spiro atoms. The van der Waals surface area contributed by atoms with Gasteiger partial charge < -0.3 is 4.74 Å². The number of ether oxygens (including phenoxy) is 1. The molecular weight excluding hydrogens is 436 g/mol. The number of benzene rings is 3. The lowest BCUT2D eigenvalue weighted by molar-refractivity contribution is 0.302. The fourth-order valence-electron chi connectivity index (χ4n) is 5.00. The van der Waals surface area contributed by atoms with Crippen molar-refractivity contribution in [1.29, 1.82) is 0 Å². The van der Waals surface area contributed by atoms with E-state index in [1.54, 1.807) is 0 Å². The summed E-state index contributed by atoms with van der Waals surface area (Å²) in [6.45, 7) is 7.74. The number of hydrogen-bond acceptors (Lipinski definition) is 1. The maximum Gasteiger partial charge on any atom is 0.119 e. The first kappa shape index (κ1) is 28.3. The van der Waals surface area contributed by atoms with Crippen LogP contribution in [-0.2, 0) is 6.42 Å². The Kier molecular flexibility index (Phi) is 12.9. The molecule has 196 valence electrons. The predicted molar refractivity (Wildman–Crippen MR) is 159 cm³/mol. The van der Waals surface area contributed by atoms with E-state index < -0.39 is 0 Å². The SMILES string of the molecule is CCCCCCCCCCc1ccc2cc(-c3ccc(OCCCCC[C@@H](C)CC)cc3)ccc2c1. The van der Waals surface area contributed by atoms with Crippen molar-refractivity contribution in [1.82, 2.24) is 0 Å². The predicted octanol–water partition coefficient (Wildman–Crippen LogP) is 11.2. The van der Waals surface area contributed by atoms with E-state index in [0.29, 0.717) is 0 Å². The van der Waals surface area contributed by atoms with Gasteiger partial charge in [-0.15, -0.1) is 0 Å². The van der Waals surface area contributed by atoms with Gasteiger partial charge >= 0.3 is 0 Å². The zero-order chi connectivity index (χ0) is 25.4. The summed E-state index contributed by atoms with van der Waals surface area (Å²) in [6, 6.07) is 22.5. The molecule has 1 heteroatoms. The van der Waals surface area contributed by atoms with E-state index in [1.807, 2.05) is 0 Å². The Bertz CT molecular complexity index is 987. The lowest BCUT2D eigenvalue weighted by atomic mass is 9.98. The van der Waals surface area contributed by atoms with E-state index in [1.165, 1.54) is 111 Å². The molecule has 0 aromatic heterocycles. The minimum atomic E-state index is 0.817. The summed E-state index contributed by atoms with van der Waals surface area (Å²) in [5, 5.41) is 2.67. The van der Waals surface area contributed by atoms with E-state index in [4.69, 9.17) is 4.74 Å². The van der Waals surface area contributed by atoms with Gasteiger partial charge in [0.1, 0.15) is 5.75 Å². The Balaban J connectivity index is 1.42. The van der Waals surface area contributed by atoms with Crippen LogP contribution >= 0.6 is 0 Å². The van der Waals surface area contributed by atoms with Crippen molar-refractivity contribution in [3.8, 4) is 16.9 Å². The molecule has 0 heterocycles. The smallest absolute Gasteiger partial charge is 0.119 e. The fourth-order valence-corrected chi connectivity index (χ4v) is 5.00. The quantitative estimate of drug-likeness (QED) is 0.162. The second kappa shape index (κ2) is 16.5. The molecule has 0 saturated carbocycles. The highest BCUT2D eigenvalue weighted by atomic mass is 16.5. The summed E-state index contributed by atoms with van der Waals surface area (Å²) >= 11 is 0. The van der Waals surface area contributed by atoms with Crippen LogP contribution in [0.2, 0.25) is 0 Å². The Labute approximate surface area is 221 Å². The number of rotatable bonds is 18. The molecule has 3 aromatic rings. The topological polar surface area (TPSA) is 9.23 Å². The number of hydrogen-bond donors (Lipinski definition) is 0. The summed E-state index contributed by atoms with van der Waals surface area (Å²) in [7, 11) is 0. The van der Waals surface area contributed by atoms with Crippen molar-refractivity contribution in [3.05, 3.63) is 66.2 Å². The summed E-state index contributed by atoms with van der Waals surface area (Å²) in [5.41, 5.74) is 4.00. The molecule has 0 amide bonds. The van der Waals surface area contributed by atoms with Gasteiger partial charge in [0.2, 0.25) is 0 Å². The lowest BCUT2D eigenvalue weighted by Gasteiger charge is -2.10. The first-order chi connectivity index (χ1) is 17.7. The van der Waals surface area contributed by atoms with E-state index >= 15 is 0 Å². The highest BCUT2D eigenvalue weighted by molar-refractivity contribution is 5.87. The van der Waals surface area contributed by atoms with Crippen LogP contribution in [0.1, 0.15) is 110 Å². The highest BCUT2D eigenvalue weighted by Crippen LogP contribution is 2.27. The Morgan fingerprint density at radius 2 is 1.25 bits per heavy atom. The second-order valence-corrected chi connectivity index (χ2v) is 10.9. The van der Waals surface area contributed by atoms with Crippen LogP contribution in [0.15, 0.2) is 60.7 Å². The molecule has 0 bridgehead atoms. The molecule has 0 aliphatic heterocycles. The van der Waals surface area contributed by atoms with Gasteiger partial charge in [-0.05, 0) is 70.8 Å². The molecule has 0 radical (unpaired) electrons. The van der Waals surface area contributed by atoms with Gasteiger partial charge in [-0.2, -0.15) is 0 Å². The Hall–Kier alpha value is -2.28. The molecular formula is C35H50O. The molecule has 36 heavy (non-hydrogen) atoms. The molecule has 1 nitrogen and oxygen atoms in total. The van der Waals surface area contributed by atoms with Crippen LogP contribution in [0.4, 0.5) is 0 Å². The molecule has 0 fully saturated rings. The highest BCUT2D eigenvalue weighted by Gasteiger charge is 2.04. The summed E-state index contributed by atoms with van der Waals surface area (Å²) in [5.74, 6) is 1.84. The van der Waals surface area contributed by atoms with Crippen LogP contribution in [0.5, 0.6) is 5.75 Å². The van der Waals surface area contributed by atoms with Crippen LogP contribution in [0.3, 0.4) is 0 Å². The van der Waals surface area contributed by atoms with Crippen LogP contribution in [0, 0.1) is 5.92 Å². The molecule has 1 atom stereocenters. The normalized spacial score (nSPS) is 12.2. The maximum atomic E-state index is 5.98. The standard InChI is InChI=1S/C35H50O/c1-4-6-7-8-9-10-11-14-17-30-18-19-34-28-33(21-20-32(34)27-30)31-22-24-35(25-23-31)36-26-15-12-13-16-29(3)5-2/h18-25,27-29H,4-17,26H2,1-3H3/t29-/m0/s1. The van der Waals surface area contributed by atoms with E-state index in [0.717, 1.165) is 24.7 Å². The van der Waals surface area contributed by atoms with Crippen molar-refractivity contribution < 1.29 is 4.74 Å². The van der Waals surface area contributed by atoms with Gasteiger partial charge in [-0.25, -0.2) is 0 Å². The summed E-state index contributed by atoms with van der Waals surface area (Å²) < 4.78 is 5.98. The zero-order valence-corrected chi connectivity index (χ0v) is 23.4. The number of unbranched alkanes of at least 4 members (excludes halogenated alkanes) is 9. The summed E-state index contributed by atoms with van der Waals surface area (Å²) in [6.07, 6.45) is 18.6. The molecule has 3 rings (SSSR count). The molecule has 0 unspecified atom stereocenters. The van der Waals surface area contributed by atoms with E-state index in [-0.39, 0.29) is 0 Å². The van der Waals surface area contributed by atoms with Gasteiger partial charge in [0.25, 0.3) is 0 Å². The second-order valence-electron chi connectivity index (χ2n) is 10.9. The monoisotopic (exact) mass is 486 g/mol. The average molecular weight is 487 g/mol. The van der Waals surface area contributed by atoms with Crippen molar-refractivity contribution in [2.75, 3.05) is 6.61 Å². The molecule has 0 N–H and O–H groups in total. The van der Waals surface area contributed by atoms with E-state index in [9.17, 15) is 0 Å². The third-order valence-corrected chi connectivity index (χ3v) is 7.72. The zero-order valence-electron chi connectivity index (χ0n) is 23.4. The Morgan fingerprint density at radius 1 is 0.611 bits per heavy atom. The third-order valence-electron chi connectivity index (χ3n) is 7.72. The van der Waals surface area contributed by atoms with Crippen molar-refractivity contribution in [2.45, 2.75) is 111 Å². The van der Waals surface area contributed by atoms with Gasteiger partial charge in [0, 0.05) is 0 Å². The van der Waals surface area contributed by atoms with Gasteiger partial charge in [0.05, 0.1) is 6.61 Å². The third kappa shape index (κ3) is 10.00. The number of aryl methyl sites for hydroxylation is 1. The first-order valence-corrected chi connectivity index (χ1v) is 15.0. The fraction of sp³-hybridized carbons (Fsp3) is 0.543. The van der Waals surface area contributed by atoms with Crippen LogP contribution in [-0.4, -0.2) is 6.61 Å². The molecule has 3 aromatic carbocycles. The van der Waals surface area contributed by atoms with Gasteiger partial charge in [-0.1, -0.05) is 134 Å². The van der Waals surface area contributed by atoms with E-state index in [2.05, 4.69) is 81.4 Å². The van der Waals surface area contributed by atoms with Gasteiger partial charge in [-0.3, -0.25) is 0 Å². The largest absolute Gasteiger partial charge is 0.494 e. The molecule has 0 aliphatic carbocycles. The Morgan fingerprint density at radius 3 is 2.00 bits per heavy atom. The maximum absolute atomic E-state index is 5.98. The molecule has 0 saturated heterocycles.